The number of hydrogen-bond donors (Lipinski definition) is 0. The smallest absolute Gasteiger partial charge is 0.314 e. The number of carbonyl (C=O) groups is 1. The fourth-order valence-corrected chi connectivity index (χ4v) is 5.02. The first kappa shape index (κ1) is 26.0. The van der Waals surface area contributed by atoms with E-state index in [1.165, 1.54) is 12.1 Å². The standard InChI is InChI=1S/C31H33F3O2/c1-3-5-6-21-9-18-28(27(32)19-21)36-31(35)24-14-12-23(13-15-24)26-17-16-25(29(33)30(26)34)22-10-7-20(4-2)8-11-22/h7-11,16-19,23-24H,3-6,12-15H2,1-2H3. The van der Waals surface area contributed by atoms with Gasteiger partial charge in [-0.05, 0) is 85.3 Å². The van der Waals surface area contributed by atoms with E-state index in [0.717, 1.165) is 36.8 Å². The zero-order valence-electron chi connectivity index (χ0n) is 21.0. The Kier molecular flexibility index (Phi) is 8.50. The van der Waals surface area contributed by atoms with E-state index in [4.69, 9.17) is 4.74 Å². The molecule has 0 unspecified atom stereocenters. The molecule has 190 valence electrons. The van der Waals surface area contributed by atoms with Crippen molar-refractivity contribution in [3.05, 3.63) is 88.7 Å². The number of benzene rings is 3. The minimum Gasteiger partial charge on any atom is -0.423 e. The van der Waals surface area contributed by atoms with Crippen LogP contribution in [0.2, 0.25) is 0 Å². The Bertz CT molecular complexity index is 1200. The average molecular weight is 495 g/mol. The summed E-state index contributed by atoms with van der Waals surface area (Å²) >= 11 is 0. The lowest BCUT2D eigenvalue weighted by atomic mass is 9.78. The van der Waals surface area contributed by atoms with Gasteiger partial charge in [0.05, 0.1) is 5.92 Å². The van der Waals surface area contributed by atoms with Crippen LogP contribution < -0.4 is 4.74 Å². The van der Waals surface area contributed by atoms with Crippen molar-refractivity contribution < 1.29 is 22.7 Å². The molecule has 1 aliphatic rings. The highest BCUT2D eigenvalue weighted by molar-refractivity contribution is 5.75. The van der Waals surface area contributed by atoms with Gasteiger partial charge in [-0.2, -0.15) is 0 Å². The molecule has 0 aromatic heterocycles. The van der Waals surface area contributed by atoms with Crippen LogP contribution in [0.1, 0.15) is 75.0 Å². The third kappa shape index (κ3) is 5.83. The summed E-state index contributed by atoms with van der Waals surface area (Å²) in [6, 6.07) is 15.5. The maximum atomic E-state index is 15.1. The summed E-state index contributed by atoms with van der Waals surface area (Å²) in [4.78, 5) is 12.7. The Morgan fingerprint density at radius 1 is 0.861 bits per heavy atom. The molecule has 2 nitrogen and oxygen atoms in total. The average Bonchev–Trinajstić information content (AvgIpc) is 2.90. The number of carbonyl (C=O) groups excluding carboxylic acids is 1. The highest BCUT2D eigenvalue weighted by atomic mass is 19.2. The molecule has 0 aliphatic heterocycles. The highest BCUT2D eigenvalue weighted by Gasteiger charge is 2.31. The number of esters is 1. The summed E-state index contributed by atoms with van der Waals surface area (Å²) in [5.41, 5.74) is 3.26. The monoisotopic (exact) mass is 494 g/mol. The first-order valence-corrected chi connectivity index (χ1v) is 13.0. The van der Waals surface area contributed by atoms with Crippen molar-refractivity contribution in [1.29, 1.82) is 0 Å². The zero-order chi connectivity index (χ0) is 25.7. The van der Waals surface area contributed by atoms with Crippen molar-refractivity contribution in [3.8, 4) is 16.9 Å². The molecular formula is C31H33F3O2. The molecule has 0 amide bonds. The second kappa shape index (κ2) is 11.8. The van der Waals surface area contributed by atoms with Crippen molar-refractivity contribution in [1.82, 2.24) is 0 Å². The van der Waals surface area contributed by atoms with Gasteiger partial charge in [0.15, 0.2) is 23.2 Å². The molecule has 1 aliphatic carbocycles. The van der Waals surface area contributed by atoms with Gasteiger partial charge >= 0.3 is 5.97 Å². The lowest BCUT2D eigenvalue weighted by Crippen LogP contribution is -2.25. The van der Waals surface area contributed by atoms with Gasteiger partial charge < -0.3 is 4.74 Å². The largest absolute Gasteiger partial charge is 0.423 e. The summed E-state index contributed by atoms with van der Waals surface area (Å²) < 4.78 is 49.8. The van der Waals surface area contributed by atoms with Crippen molar-refractivity contribution in [2.45, 2.75) is 71.1 Å². The summed E-state index contributed by atoms with van der Waals surface area (Å²) in [6.07, 6.45) is 5.72. The maximum absolute atomic E-state index is 15.1. The van der Waals surface area contributed by atoms with Crippen LogP contribution in [0, 0.1) is 23.4 Å². The van der Waals surface area contributed by atoms with Crippen LogP contribution in [0.25, 0.3) is 11.1 Å². The Balaban J connectivity index is 1.38. The molecule has 1 saturated carbocycles. The highest BCUT2D eigenvalue weighted by Crippen LogP contribution is 2.39. The molecule has 5 heteroatoms. The van der Waals surface area contributed by atoms with Crippen molar-refractivity contribution >= 4 is 5.97 Å². The Morgan fingerprint density at radius 2 is 1.56 bits per heavy atom. The number of ether oxygens (including phenoxy) is 1. The molecule has 4 rings (SSSR count). The van der Waals surface area contributed by atoms with Crippen LogP contribution in [-0.2, 0) is 17.6 Å². The summed E-state index contributed by atoms with van der Waals surface area (Å²) in [7, 11) is 0. The van der Waals surface area contributed by atoms with Crippen LogP contribution in [-0.4, -0.2) is 5.97 Å². The number of aryl methyl sites for hydroxylation is 2. The quantitative estimate of drug-likeness (QED) is 0.232. The lowest BCUT2D eigenvalue weighted by Gasteiger charge is -2.28. The number of hydrogen-bond acceptors (Lipinski definition) is 2. The van der Waals surface area contributed by atoms with Gasteiger partial charge in [0, 0.05) is 5.56 Å². The van der Waals surface area contributed by atoms with Crippen molar-refractivity contribution in [3.63, 3.8) is 0 Å². The molecule has 0 radical (unpaired) electrons. The molecule has 0 atom stereocenters. The van der Waals surface area contributed by atoms with Gasteiger partial charge in [0.2, 0.25) is 0 Å². The minimum atomic E-state index is -0.837. The number of halogens is 3. The third-order valence-corrected chi connectivity index (χ3v) is 7.31. The molecule has 0 saturated heterocycles. The molecule has 0 bridgehead atoms. The van der Waals surface area contributed by atoms with E-state index in [0.29, 0.717) is 36.8 Å². The Hall–Kier alpha value is -3.08. The van der Waals surface area contributed by atoms with Crippen molar-refractivity contribution in [2.75, 3.05) is 0 Å². The van der Waals surface area contributed by atoms with Gasteiger partial charge in [-0.15, -0.1) is 0 Å². The van der Waals surface area contributed by atoms with Crippen molar-refractivity contribution in [2.24, 2.45) is 5.92 Å². The molecule has 36 heavy (non-hydrogen) atoms. The fourth-order valence-electron chi connectivity index (χ4n) is 5.02. The van der Waals surface area contributed by atoms with E-state index in [9.17, 15) is 13.6 Å². The van der Waals surface area contributed by atoms with E-state index in [1.807, 2.05) is 31.2 Å². The molecule has 0 N–H and O–H groups in total. The number of rotatable bonds is 8. The van der Waals surface area contributed by atoms with Gasteiger partial charge in [-0.25, -0.2) is 13.2 Å². The van der Waals surface area contributed by atoms with Gasteiger partial charge in [-0.3, -0.25) is 4.79 Å². The fraction of sp³-hybridized carbons (Fsp3) is 0.387. The zero-order valence-corrected chi connectivity index (χ0v) is 21.0. The second-order valence-corrected chi connectivity index (χ2v) is 9.72. The van der Waals surface area contributed by atoms with E-state index in [-0.39, 0.29) is 23.1 Å². The molecule has 3 aromatic rings. The van der Waals surface area contributed by atoms with Gasteiger partial charge in [0.1, 0.15) is 0 Å². The minimum absolute atomic E-state index is 0.0574. The van der Waals surface area contributed by atoms with E-state index in [2.05, 4.69) is 6.92 Å². The second-order valence-electron chi connectivity index (χ2n) is 9.72. The molecule has 1 fully saturated rings. The summed E-state index contributed by atoms with van der Waals surface area (Å²) in [5.74, 6) is -3.27. The van der Waals surface area contributed by atoms with Crippen LogP contribution in [0.5, 0.6) is 5.75 Å². The number of unbranched alkanes of at least 4 members (excludes halogenated alkanes) is 1. The molecular weight excluding hydrogens is 461 g/mol. The first-order chi connectivity index (χ1) is 17.4. The molecule has 0 spiro atoms. The lowest BCUT2D eigenvalue weighted by molar-refractivity contribution is -0.140. The van der Waals surface area contributed by atoms with Gasteiger partial charge in [-0.1, -0.05) is 62.7 Å². The van der Waals surface area contributed by atoms with Crippen LogP contribution >= 0.6 is 0 Å². The van der Waals surface area contributed by atoms with E-state index in [1.54, 1.807) is 18.2 Å². The van der Waals surface area contributed by atoms with Crippen LogP contribution in [0.15, 0.2) is 54.6 Å². The molecule has 0 heterocycles. The van der Waals surface area contributed by atoms with Crippen LogP contribution in [0.4, 0.5) is 13.2 Å². The normalized spacial score (nSPS) is 17.7. The van der Waals surface area contributed by atoms with Gasteiger partial charge in [0.25, 0.3) is 0 Å². The maximum Gasteiger partial charge on any atom is 0.314 e. The topological polar surface area (TPSA) is 26.3 Å². The third-order valence-electron chi connectivity index (χ3n) is 7.31. The predicted molar refractivity (Wildman–Crippen MR) is 137 cm³/mol. The summed E-state index contributed by atoms with van der Waals surface area (Å²) in [6.45, 7) is 4.12. The molecule has 3 aromatic carbocycles. The van der Waals surface area contributed by atoms with Crippen LogP contribution in [0.3, 0.4) is 0 Å². The Morgan fingerprint density at radius 3 is 2.19 bits per heavy atom. The SMILES string of the molecule is CCCCc1ccc(OC(=O)C2CCC(c3ccc(-c4ccc(CC)cc4)c(F)c3F)CC2)c(F)c1. The Labute approximate surface area is 211 Å². The predicted octanol–water partition coefficient (Wildman–Crippen LogP) is 8.56. The summed E-state index contributed by atoms with van der Waals surface area (Å²) in [5, 5.41) is 0. The van der Waals surface area contributed by atoms with E-state index < -0.39 is 23.4 Å². The van der Waals surface area contributed by atoms with E-state index >= 15 is 4.39 Å². The first-order valence-electron chi connectivity index (χ1n) is 13.0.